The van der Waals surface area contributed by atoms with Crippen LogP contribution in [0, 0.1) is 6.92 Å². The van der Waals surface area contributed by atoms with Crippen LogP contribution in [-0.4, -0.2) is 51.8 Å². The molecule has 7 nitrogen and oxygen atoms in total. The molecule has 2 fully saturated rings. The second-order valence-electron chi connectivity index (χ2n) is 8.27. The lowest BCUT2D eigenvalue weighted by Crippen LogP contribution is -2.49. The second-order valence-corrected chi connectivity index (χ2v) is 9.79. The lowest BCUT2D eigenvalue weighted by molar-refractivity contribution is -0.136. The highest BCUT2D eigenvalue weighted by molar-refractivity contribution is 7.15. The van der Waals surface area contributed by atoms with Gasteiger partial charge in [-0.25, -0.2) is 9.78 Å². The summed E-state index contributed by atoms with van der Waals surface area (Å²) in [6.45, 7) is 1.66. The van der Waals surface area contributed by atoms with Crippen LogP contribution in [0.25, 0.3) is 0 Å². The zero-order chi connectivity index (χ0) is 22.2. The van der Waals surface area contributed by atoms with E-state index >= 15 is 0 Å². The Labute approximate surface area is 190 Å². The number of hydrogen-bond acceptors (Lipinski definition) is 5. The first-order valence-corrected chi connectivity index (χ1v) is 11.6. The van der Waals surface area contributed by atoms with Crippen molar-refractivity contribution in [1.82, 2.24) is 14.8 Å². The molecule has 1 aromatic heterocycles. The van der Waals surface area contributed by atoms with Crippen molar-refractivity contribution in [2.45, 2.75) is 51.0 Å². The van der Waals surface area contributed by atoms with Crippen molar-refractivity contribution in [1.29, 1.82) is 0 Å². The van der Waals surface area contributed by atoms with Crippen LogP contribution in [0.1, 0.15) is 48.1 Å². The van der Waals surface area contributed by atoms with Crippen LogP contribution in [0.5, 0.6) is 0 Å². The molecule has 0 unspecified atom stereocenters. The first-order valence-electron chi connectivity index (χ1n) is 10.4. The normalized spacial score (nSPS) is 18.2. The number of nitrogens with zero attached hydrogens (tertiary/aromatic N) is 3. The number of amides is 4. The minimum absolute atomic E-state index is 0.258. The Hall–Kier alpha value is -2.45. The summed E-state index contributed by atoms with van der Waals surface area (Å²) in [4.78, 5) is 46.1. The summed E-state index contributed by atoms with van der Waals surface area (Å²) < 4.78 is 0. The van der Waals surface area contributed by atoms with E-state index < -0.39 is 17.5 Å². The Morgan fingerprint density at radius 1 is 1.26 bits per heavy atom. The molecule has 1 spiro atoms. The molecule has 1 saturated carbocycles. The van der Waals surface area contributed by atoms with Crippen LogP contribution in [0.15, 0.2) is 24.4 Å². The van der Waals surface area contributed by atoms with E-state index in [1.54, 1.807) is 13.2 Å². The number of carbonyl (C=O) groups is 3. The highest BCUT2D eigenvalue weighted by atomic mass is 35.5. The van der Waals surface area contributed by atoms with Crippen molar-refractivity contribution in [2.75, 3.05) is 18.9 Å². The number of carbonyl (C=O) groups excluding carboxylic acids is 3. The van der Waals surface area contributed by atoms with Gasteiger partial charge in [-0.1, -0.05) is 43.0 Å². The van der Waals surface area contributed by atoms with Gasteiger partial charge in [-0.3, -0.25) is 14.5 Å². The number of hydrogen-bond donors (Lipinski definition) is 1. The largest absolute Gasteiger partial charge is 0.327 e. The minimum Gasteiger partial charge on any atom is -0.313 e. The molecule has 1 aliphatic heterocycles. The molecule has 2 aromatic rings. The van der Waals surface area contributed by atoms with E-state index in [1.165, 1.54) is 16.2 Å². The summed E-state index contributed by atoms with van der Waals surface area (Å²) in [6.07, 6.45) is 6.58. The molecule has 1 aliphatic carbocycles. The summed E-state index contributed by atoms with van der Waals surface area (Å²) in [5.41, 5.74) is 1.31. The molecule has 4 rings (SSSR count). The lowest BCUT2D eigenvalue weighted by atomic mass is 9.81. The van der Waals surface area contributed by atoms with Crippen LogP contribution < -0.4 is 5.32 Å². The van der Waals surface area contributed by atoms with Crippen molar-refractivity contribution >= 4 is 45.9 Å². The zero-order valence-corrected chi connectivity index (χ0v) is 19.2. The molecule has 4 amide bonds. The number of aromatic nitrogens is 1. The van der Waals surface area contributed by atoms with Gasteiger partial charge in [-0.2, -0.15) is 0 Å². The molecule has 2 aliphatic rings. The fourth-order valence-electron chi connectivity index (χ4n) is 4.37. The highest BCUT2D eigenvalue weighted by Crippen LogP contribution is 2.39. The maximum atomic E-state index is 13.0. The number of nitrogens with one attached hydrogen (secondary N) is 1. The van der Waals surface area contributed by atoms with E-state index in [0.717, 1.165) is 45.2 Å². The average Bonchev–Trinajstić information content (AvgIpc) is 3.25. The third kappa shape index (κ3) is 4.19. The van der Waals surface area contributed by atoms with Gasteiger partial charge >= 0.3 is 6.03 Å². The van der Waals surface area contributed by atoms with Crippen molar-refractivity contribution in [3.05, 3.63) is 45.4 Å². The number of benzene rings is 1. The van der Waals surface area contributed by atoms with E-state index in [1.807, 2.05) is 25.1 Å². The van der Waals surface area contributed by atoms with Crippen molar-refractivity contribution in [3.63, 3.8) is 0 Å². The number of likely N-dealkylation sites (N-methyl/N-ethyl adjacent to an activating group) is 1. The first kappa shape index (κ1) is 21.8. The molecule has 0 bridgehead atoms. The molecule has 1 N–H and O–H groups in total. The number of anilines is 1. The summed E-state index contributed by atoms with van der Waals surface area (Å²) in [5.74, 6) is -0.687. The van der Waals surface area contributed by atoms with E-state index in [2.05, 4.69) is 10.3 Å². The standard InChI is InChI=1S/C22H25ClN4O3S/c1-14-6-7-15(11-17(14)23)10-16-12-24-20(31-16)25-18(28)13-27-19(29)22(26(2)21(27)30)8-4-3-5-9-22/h6-7,11-12H,3-5,8-10,13H2,1-2H3,(H,24,25,28). The Morgan fingerprint density at radius 3 is 2.71 bits per heavy atom. The molecule has 9 heteroatoms. The van der Waals surface area contributed by atoms with Crippen molar-refractivity contribution in [2.24, 2.45) is 0 Å². The number of imide groups is 1. The van der Waals surface area contributed by atoms with E-state index in [4.69, 9.17) is 11.6 Å². The quantitative estimate of drug-likeness (QED) is 0.677. The van der Waals surface area contributed by atoms with Crippen LogP contribution in [-0.2, 0) is 16.0 Å². The van der Waals surface area contributed by atoms with Gasteiger partial charge in [0.25, 0.3) is 5.91 Å². The maximum Gasteiger partial charge on any atom is 0.327 e. The molecule has 164 valence electrons. The van der Waals surface area contributed by atoms with Crippen LogP contribution >= 0.6 is 22.9 Å². The second kappa shape index (κ2) is 8.59. The number of rotatable bonds is 5. The summed E-state index contributed by atoms with van der Waals surface area (Å²) in [5, 5.41) is 3.88. The Morgan fingerprint density at radius 2 is 2.00 bits per heavy atom. The molecule has 2 heterocycles. The van der Waals surface area contributed by atoms with Gasteiger partial charge in [-0.15, -0.1) is 11.3 Å². The number of halogens is 1. The van der Waals surface area contributed by atoms with E-state index in [9.17, 15) is 14.4 Å². The van der Waals surface area contributed by atoms with Crippen LogP contribution in [0.3, 0.4) is 0 Å². The fraction of sp³-hybridized carbons (Fsp3) is 0.455. The molecule has 1 aromatic carbocycles. The SMILES string of the molecule is Cc1ccc(Cc2cnc(NC(=O)CN3C(=O)N(C)C4(CCCCC4)C3=O)s2)cc1Cl. The maximum absolute atomic E-state index is 13.0. The fourth-order valence-corrected chi connectivity index (χ4v) is 5.43. The van der Waals surface area contributed by atoms with Crippen molar-refractivity contribution in [3.8, 4) is 0 Å². The third-order valence-corrected chi connectivity index (χ3v) is 7.52. The molecular formula is C22H25ClN4O3S. The number of thiazole rings is 1. The molecular weight excluding hydrogens is 436 g/mol. The van der Waals surface area contributed by atoms with Gasteiger partial charge in [-0.05, 0) is 37.0 Å². The van der Waals surface area contributed by atoms with E-state index in [0.29, 0.717) is 24.4 Å². The van der Waals surface area contributed by atoms with Gasteiger partial charge in [0, 0.05) is 29.6 Å². The topological polar surface area (TPSA) is 82.6 Å². The van der Waals surface area contributed by atoms with Gasteiger partial charge in [0.2, 0.25) is 5.91 Å². The van der Waals surface area contributed by atoms with Crippen LogP contribution in [0.4, 0.5) is 9.93 Å². The monoisotopic (exact) mass is 460 g/mol. The molecule has 31 heavy (non-hydrogen) atoms. The lowest BCUT2D eigenvalue weighted by Gasteiger charge is -2.35. The van der Waals surface area contributed by atoms with Gasteiger partial charge < -0.3 is 10.2 Å². The molecule has 1 saturated heterocycles. The third-order valence-electron chi connectivity index (χ3n) is 6.20. The summed E-state index contributed by atoms with van der Waals surface area (Å²) in [7, 11) is 1.66. The van der Waals surface area contributed by atoms with Gasteiger partial charge in [0.05, 0.1) is 0 Å². The predicted molar refractivity (Wildman–Crippen MR) is 120 cm³/mol. The first-order chi connectivity index (χ1) is 14.8. The van der Waals surface area contributed by atoms with Gasteiger partial charge in [0.1, 0.15) is 12.1 Å². The van der Waals surface area contributed by atoms with E-state index in [-0.39, 0.29) is 12.5 Å². The van der Waals surface area contributed by atoms with Crippen LogP contribution in [0.2, 0.25) is 5.02 Å². The predicted octanol–water partition coefficient (Wildman–Crippen LogP) is 4.23. The zero-order valence-electron chi connectivity index (χ0n) is 17.6. The van der Waals surface area contributed by atoms with Gasteiger partial charge in [0.15, 0.2) is 5.13 Å². The molecule has 0 atom stereocenters. The smallest absolute Gasteiger partial charge is 0.313 e. The minimum atomic E-state index is -0.778. The average molecular weight is 461 g/mol. The Kier molecular flexibility index (Phi) is 6.03. The highest BCUT2D eigenvalue weighted by Gasteiger charge is 2.55. The number of urea groups is 1. The summed E-state index contributed by atoms with van der Waals surface area (Å²) >= 11 is 7.55. The number of aryl methyl sites for hydroxylation is 1. The Bertz CT molecular complexity index is 1030. The summed E-state index contributed by atoms with van der Waals surface area (Å²) in [6, 6.07) is 5.51. The Balaban J connectivity index is 1.38. The molecule has 0 radical (unpaired) electrons. The van der Waals surface area contributed by atoms with Crippen molar-refractivity contribution < 1.29 is 14.4 Å².